The van der Waals surface area contributed by atoms with Crippen LogP contribution in [0.1, 0.15) is 44.7 Å². The zero-order valence-corrected chi connectivity index (χ0v) is 12.0. The molecule has 0 bridgehead atoms. The summed E-state index contributed by atoms with van der Waals surface area (Å²) in [5.41, 5.74) is 8.89. The van der Waals surface area contributed by atoms with Crippen LogP contribution in [0.25, 0.3) is 0 Å². The van der Waals surface area contributed by atoms with E-state index in [1.165, 1.54) is 11.1 Å². The molecule has 0 unspecified atom stereocenters. The summed E-state index contributed by atoms with van der Waals surface area (Å²) in [5, 5.41) is 0. The Bertz CT molecular complexity index is 474. The first-order chi connectivity index (χ1) is 8.83. The van der Waals surface area contributed by atoms with Crippen molar-refractivity contribution in [1.29, 1.82) is 0 Å². The maximum atomic E-state index is 11.9. The molecule has 0 fully saturated rings. The molecule has 0 spiro atoms. The number of esters is 1. The van der Waals surface area contributed by atoms with Gasteiger partial charge in [-0.2, -0.15) is 0 Å². The molecule has 0 aromatic heterocycles. The summed E-state index contributed by atoms with van der Waals surface area (Å²) < 4.78 is 5.39. The van der Waals surface area contributed by atoms with Gasteiger partial charge < -0.3 is 10.5 Å². The zero-order valence-electron chi connectivity index (χ0n) is 12.0. The number of fused-ring (bicyclic) bond motifs is 1. The summed E-state index contributed by atoms with van der Waals surface area (Å²) in [6.45, 7) is 5.72. The van der Waals surface area contributed by atoms with Gasteiger partial charge in [0.25, 0.3) is 0 Å². The third-order valence-corrected chi connectivity index (χ3v) is 3.44. The Kier molecular flexibility index (Phi) is 3.83. The van der Waals surface area contributed by atoms with Crippen LogP contribution < -0.4 is 5.73 Å². The molecular formula is C16H23NO2. The summed E-state index contributed by atoms with van der Waals surface area (Å²) in [4.78, 5) is 11.9. The molecule has 0 saturated heterocycles. The van der Waals surface area contributed by atoms with E-state index in [4.69, 9.17) is 10.5 Å². The Morgan fingerprint density at radius 2 is 2.11 bits per heavy atom. The van der Waals surface area contributed by atoms with Gasteiger partial charge in [-0.25, -0.2) is 0 Å². The molecule has 1 aliphatic rings. The normalized spacial score (nSPS) is 18.8. The van der Waals surface area contributed by atoms with E-state index in [9.17, 15) is 4.79 Å². The van der Waals surface area contributed by atoms with Gasteiger partial charge in [0.1, 0.15) is 5.60 Å². The van der Waals surface area contributed by atoms with E-state index in [2.05, 4.69) is 12.1 Å². The molecule has 0 heterocycles. The van der Waals surface area contributed by atoms with Crippen molar-refractivity contribution in [2.24, 2.45) is 5.92 Å². The van der Waals surface area contributed by atoms with Crippen LogP contribution in [0.3, 0.4) is 0 Å². The average Bonchev–Trinajstić information content (AvgIpc) is 2.26. The van der Waals surface area contributed by atoms with Crippen molar-refractivity contribution >= 4 is 11.7 Å². The first-order valence-corrected chi connectivity index (χ1v) is 6.92. The molecule has 19 heavy (non-hydrogen) atoms. The molecule has 1 aromatic carbocycles. The van der Waals surface area contributed by atoms with E-state index in [0.29, 0.717) is 12.3 Å². The largest absolute Gasteiger partial charge is 0.460 e. The fraction of sp³-hybridized carbons (Fsp3) is 0.562. The van der Waals surface area contributed by atoms with Crippen molar-refractivity contribution in [3.8, 4) is 0 Å². The Labute approximate surface area is 115 Å². The minimum absolute atomic E-state index is 0.0867. The van der Waals surface area contributed by atoms with Crippen molar-refractivity contribution < 1.29 is 9.53 Å². The van der Waals surface area contributed by atoms with E-state index in [-0.39, 0.29) is 5.97 Å². The fourth-order valence-electron chi connectivity index (χ4n) is 2.64. The van der Waals surface area contributed by atoms with Gasteiger partial charge in [0.2, 0.25) is 0 Å². The second-order valence-corrected chi connectivity index (χ2v) is 6.43. The maximum Gasteiger partial charge on any atom is 0.306 e. The summed E-state index contributed by atoms with van der Waals surface area (Å²) >= 11 is 0. The van der Waals surface area contributed by atoms with Crippen molar-refractivity contribution in [2.45, 2.75) is 52.1 Å². The van der Waals surface area contributed by atoms with E-state index in [1.54, 1.807) is 0 Å². The van der Waals surface area contributed by atoms with Crippen LogP contribution in [-0.4, -0.2) is 11.6 Å². The van der Waals surface area contributed by atoms with Crippen molar-refractivity contribution in [3.05, 3.63) is 29.3 Å². The Hall–Kier alpha value is -1.51. The number of anilines is 1. The Morgan fingerprint density at radius 1 is 1.37 bits per heavy atom. The van der Waals surface area contributed by atoms with E-state index in [1.807, 2.05) is 26.8 Å². The number of nitrogen functional groups attached to an aromatic ring is 1. The zero-order chi connectivity index (χ0) is 14.0. The van der Waals surface area contributed by atoms with Gasteiger partial charge in [0.15, 0.2) is 0 Å². The fourth-order valence-corrected chi connectivity index (χ4v) is 2.64. The smallest absolute Gasteiger partial charge is 0.306 e. The van der Waals surface area contributed by atoms with Crippen LogP contribution in [0.2, 0.25) is 0 Å². The molecule has 2 N–H and O–H groups in total. The molecule has 104 valence electrons. The van der Waals surface area contributed by atoms with Crippen molar-refractivity contribution in [3.63, 3.8) is 0 Å². The highest BCUT2D eigenvalue weighted by atomic mass is 16.6. The highest BCUT2D eigenvalue weighted by Crippen LogP contribution is 2.29. The highest BCUT2D eigenvalue weighted by molar-refractivity contribution is 5.70. The summed E-state index contributed by atoms with van der Waals surface area (Å²) in [7, 11) is 0. The van der Waals surface area contributed by atoms with E-state index >= 15 is 0 Å². The molecule has 2 rings (SSSR count). The molecule has 3 nitrogen and oxygen atoms in total. The number of benzene rings is 1. The number of hydrogen-bond donors (Lipinski definition) is 1. The molecule has 0 radical (unpaired) electrons. The number of carbonyl (C=O) groups excluding carboxylic acids is 1. The lowest BCUT2D eigenvalue weighted by atomic mass is 9.82. The predicted molar refractivity (Wildman–Crippen MR) is 76.8 cm³/mol. The standard InChI is InChI=1S/C16H23NO2/c1-16(2,3)19-15(18)9-11-4-5-13-10-14(17)7-6-12(13)8-11/h6-7,10-11H,4-5,8-9,17H2,1-3H3/t11-/m1/s1. The second-order valence-electron chi connectivity index (χ2n) is 6.43. The molecule has 1 atom stereocenters. The van der Waals surface area contributed by atoms with Gasteiger partial charge in [-0.15, -0.1) is 0 Å². The van der Waals surface area contributed by atoms with Gasteiger partial charge >= 0.3 is 5.97 Å². The molecule has 1 aliphatic carbocycles. The van der Waals surface area contributed by atoms with Gasteiger partial charge in [-0.1, -0.05) is 6.07 Å². The lowest BCUT2D eigenvalue weighted by Crippen LogP contribution is -2.26. The quantitative estimate of drug-likeness (QED) is 0.657. The number of hydrogen-bond acceptors (Lipinski definition) is 3. The summed E-state index contributed by atoms with van der Waals surface area (Å²) in [5.74, 6) is 0.308. The minimum Gasteiger partial charge on any atom is -0.460 e. The average molecular weight is 261 g/mol. The van der Waals surface area contributed by atoms with Crippen LogP contribution in [-0.2, 0) is 22.4 Å². The number of ether oxygens (including phenoxy) is 1. The third kappa shape index (κ3) is 3.98. The molecular weight excluding hydrogens is 238 g/mol. The monoisotopic (exact) mass is 261 g/mol. The molecule has 3 heteroatoms. The van der Waals surface area contributed by atoms with Crippen LogP contribution in [0.4, 0.5) is 5.69 Å². The van der Waals surface area contributed by atoms with Gasteiger partial charge in [0.05, 0.1) is 0 Å². The van der Waals surface area contributed by atoms with Crippen molar-refractivity contribution in [2.75, 3.05) is 5.73 Å². The number of aryl methyl sites for hydroxylation is 1. The van der Waals surface area contributed by atoms with Crippen LogP contribution in [0, 0.1) is 5.92 Å². The molecule has 1 aromatic rings. The van der Waals surface area contributed by atoms with Crippen LogP contribution in [0.5, 0.6) is 0 Å². The third-order valence-electron chi connectivity index (χ3n) is 3.44. The predicted octanol–water partition coefficient (Wildman–Crippen LogP) is 3.11. The topological polar surface area (TPSA) is 52.3 Å². The first kappa shape index (κ1) is 13.9. The molecule has 0 amide bonds. The SMILES string of the molecule is CC(C)(C)OC(=O)C[C@@H]1CCc2cc(N)ccc2C1. The van der Waals surface area contributed by atoms with E-state index in [0.717, 1.165) is 24.9 Å². The minimum atomic E-state index is -0.391. The number of nitrogens with two attached hydrogens (primary N) is 1. The van der Waals surface area contributed by atoms with Gasteiger partial charge in [-0.3, -0.25) is 4.79 Å². The lowest BCUT2D eigenvalue weighted by Gasteiger charge is -2.26. The summed E-state index contributed by atoms with van der Waals surface area (Å²) in [6, 6.07) is 6.08. The second kappa shape index (κ2) is 5.24. The van der Waals surface area contributed by atoms with Crippen molar-refractivity contribution in [1.82, 2.24) is 0 Å². The summed E-state index contributed by atoms with van der Waals surface area (Å²) in [6.07, 6.45) is 3.51. The Balaban J connectivity index is 1.95. The maximum absolute atomic E-state index is 11.9. The van der Waals surface area contributed by atoms with Crippen LogP contribution >= 0.6 is 0 Å². The lowest BCUT2D eigenvalue weighted by molar-refractivity contribution is -0.156. The number of rotatable bonds is 2. The van der Waals surface area contributed by atoms with Gasteiger partial charge in [-0.05, 0) is 69.2 Å². The van der Waals surface area contributed by atoms with Gasteiger partial charge in [0, 0.05) is 12.1 Å². The molecule has 0 aliphatic heterocycles. The Morgan fingerprint density at radius 3 is 2.79 bits per heavy atom. The first-order valence-electron chi connectivity index (χ1n) is 6.92. The number of carbonyl (C=O) groups is 1. The van der Waals surface area contributed by atoms with Crippen LogP contribution in [0.15, 0.2) is 18.2 Å². The molecule has 0 saturated carbocycles. The highest BCUT2D eigenvalue weighted by Gasteiger charge is 2.24. The van der Waals surface area contributed by atoms with E-state index < -0.39 is 5.60 Å².